The molecular weight excluding hydrogens is 366 g/mol. The van der Waals surface area contributed by atoms with E-state index in [0.29, 0.717) is 11.5 Å². The van der Waals surface area contributed by atoms with Crippen LogP contribution in [0.1, 0.15) is 35.7 Å². The van der Waals surface area contributed by atoms with Gasteiger partial charge in [-0.25, -0.2) is 14.6 Å². The van der Waals surface area contributed by atoms with Gasteiger partial charge < -0.3 is 4.90 Å². The number of anilines is 1. The molecule has 1 fully saturated rings. The molecule has 0 atom stereocenters. The highest BCUT2D eigenvalue weighted by molar-refractivity contribution is 5.75. The van der Waals surface area contributed by atoms with E-state index >= 15 is 0 Å². The number of hydrogen-bond donors (Lipinski definition) is 0. The van der Waals surface area contributed by atoms with Crippen molar-refractivity contribution < 1.29 is 4.79 Å². The van der Waals surface area contributed by atoms with Crippen molar-refractivity contribution in [3.8, 4) is 0 Å². The standard InChI is InChI=1S/C21H27N7O/c1-3-27(14-17-4-5-19-20(10-17)26(2)25-24-19)13-16-6-8-28(9-7-16)21-22-11-18(15-29)12-23-21/h4-5,10-12,15-16H,3,6-9,13-14H2,1-2H3. The van der Waals surface area contributed by atoms with E-state index < -0.39 is 0 Å². The van der Waals surface area contributed by atoms with Crippen LogP contribution in [-0.4, -0.2) is 62.3 Å². The molecule has 152 valence electrons. The van der Waals surface area contributed by atoms with Gasteiger partial charge >= 0.3 is 0 Å². The molecule has 1 aliphatic rings. The highest BCUT2D eigenvalue weighted by Crippen LogP contribution is 2.22. The molecule has 3 aromatic rings. The number of fused-ring (bicyclic) bond motifs is 1. The molecule has 0 radical (unpaired) electrons. The zero-order chi connectivity index (χ0) is 20.2. The number of carbonyl (C=O) groups excluding carboxylic acids is 1. The van der Waals surface area contributed by atoms with Gasteiger partial charge in [-0.1, -0.05) is 18.2 Å². The molecule has 0 aliphatic carbocycles. The van der Waals surface area contributed by atoms with Gasteiger partial charge in [0.1, 0.15) is 5.52 Å². The van der Waals surface area contributed by atoms with Crippen molar-refractivity contribution in [3.05, 3.63) is 41.7 Å². The van der Waals surface area contributed by atoms with Crippen LogP contribution in [-0.2, 0) is 13.6 Å². The molecule has 1 aromatic carbocycles. The molecule has 0 N–H and O–H groups in total. The summed E-state index contributed by atoms with van der Waals surface area (Å²) in [6.07, 6.45) is 6.21. The monoisotopic (exact) mass is 393 g/mol. The van der Waals surface area contributed by atoms with Crippen molar-refractivity contribution in [2.45, 2.75) is 26.3 Å². The average Bonchev–Trinajstić information content (AvgIpc) is 3.14. The normalized spacial score (nSPS) is 15.3. The third kappa shape index (κ3) is 4.42. The summed E-state index contributed by atoms with van der Waals surface area (Å²) in [6, 6.07) is 6.41. The molecule has 0 unspecified atom stereocenters. The number of carbonyl (C=O) groups is 1. The molecule has 8 heteroatoms. The molecular formula is C21H27N7O. The van der Waals surface area contributed by atoms with Crippen molar-refractivity contribution >= 4 is 23.3 Å². The fourth-order valence-electron chi connectivity index (χ4n) is 3.97. The molecule has 3 heterocycles. The predicted molar refractivity (Wildman–Crippen MR) is 112 cm³/mol. The molecule has 2 aromatic heterocycles. The highest BCUT2D eigenvalue weighted by atomic mass is 16.1. The van der Waals surface area contributed by atoms with Crippen molar-refractivity contribution in [2.24, 2.45) is 13.0 Å². The van der Waals surface area contributed by atoms with Crippen molar-refractivity contribution in [1.29, 1.82) is 0 Å². The second-order valence-electron chi connectivity index (χ2n) is 7.73. The fourth-order valence-corrected chi connectivity index (χ4v) is 3.97. The van der Waals surface area contributed by atoms with E-state index in [9.17, 15) is 4.79 Å². The number of aromatic nitrogens is 5. The lowest BCUT2D eigenvalue weighted by atomic mass is 9.96. The maximum Gasteiger partial charge on any atom is 0.225 e. The minimum absolute atomic E-state index is 0.516. The van der Waals surface area contributed by atoms with Gasteiger partial charge in [0.25, 0.3) is 0 Å². The SMILES string of the molecule is CCN(Cc1ccc2nnn(C)c2c1)CC1CCN(c2ncc(C=O)cn2)CC1. The molecule has 8 nitrogen and oxygen atoms in total. The van der Waals surface area contributed by atoms with E-state index in [0.717, 1.165) is 68.8 Å². The zero-order valence-electron chi connectivity index (χ0n) is 17.0. The number of rotatable bonds is 7. The molecule has 0 spiro atoms. The Morgan fingerprint density at radius 2 is 1.97 bits per heavy atom. The Kier molecular flexibility index (Phi) is 5.80. The van der Waals surface area contributed by atoms with Gasteiger partial charge in [0, 0.05) is 45.6 Å². The van der Waals surface area contributed by atoms with E-state index in [2.05, 4.69) is 55.2 Å². The van der Waals surface area contributed by atoms with Crippen LogP contribution >= 0.6 is 0 Å². The van der Waals surface area contributed by atoms with Crippen LogP contribution in [0.5, 0.6) is 0 Å². The van der Waals surface area contributed by atoms with Crippen LogP contribution in [0.4, 0.5) is 5.95 Å². The second-order valence-corrected chi connectivity index (χ2v) is 7.73. The maximum atomic E-state index is 10.8. The lowest BCUT2D eigenvalue weighted by Gasteiger charge is -2.34. The Morgan fingerprint density at radius 1 is 1.21 bits per heavy atom. The first-order chi connectivity index (χ1) is 14.2. The summed E-state index contributed by atoms with van der Waals surface area (Å²) in [5, 5.41) is 8.25. The minimum Gasteiger partial charge on any atom is -0.341 e. The lowest BCUT2D eigenvalue weighted by Crippen LogP contribution is -2.39. The third-order valence-corrected chi connectivity index (χ3v) is 5.74. The molecule has 0 bridgehead atoms. The number of hydrogen-bond acceptors (Lipinski definition) is 7. The number of piperidine rings is 1. The fraction of sp³-hybridized carbons (Fsp3) is 0.476. The van der Waals surface area contributed by atoms with Crippen molar-refractivity contribution in [2.75, 3.05) is 31.1 Å². The molecule has 29 heavy (non-hydrogen) atoms. The van der Waals surface area contributed by atoms with Crippen molar-refractivity contribution in [3.63, 3.8) is 0 Å². The predicted octanol–water partition coefficient (Wildman–Crippen LogP) is 2.31. The number of aryl methyl sites for hydroxylation is 1. The highest BCUT2D eigenvalue weighted by Gasteiger charge is 2.22. The van der Waals surface area contributed by atoms with E-state index in [4.69, 9.17) is 0 Å². The van der Waals surface area contributed by atoms with Gasteiger partial charge in [-0.2, -0.15) is 0 Å². The largest absolute Gasteiger partial charge is 0.341 e. The van der Waals surface area contributed by atoms with E-state index in [1.54, 1.807) is 12.4 Å². The first-order valence-corrected chi connectivity index (χ1v) is 10.2. The second kappa shape index (κ2) is 8.65. The van der Waals surface area contributed by atoms with Gasteiger partial charge in [0.05, 0.1) is 11.1 Å². The quantitative estimate of drug-likeness (QED) is 0.570. The van der Waals surface area contributed by atoms with Crippen LogP contribution in [0.3, 0.4) is 0 Å². The molecule has 0 saturated carbocycles. The Balaban J connectivity index is 1.33. The smallest absolute Gasteiger partial charge is 0.225 e. The first-order valence-electron chi connectivity index (χ1n) is 10.2. The van der Waals surface area contributed by atoms with Crippen LogP contribution in [0.2, 0.25) is 0 Å². The minimum atomic E-state index is 0.516. The van der Waals surface area contributed by atoms with Gasteiger partial charge in [0.15, 0.2) is 6.29 Å². The van der Waals surface area contributed by atoms with Gasteiger partial charge in [0.2, 0.25) is 5.95 Å². The van der Waals surface area contributed by atoms with E-state index in [1.165, 1.54) is 5.56 Å². The van der Waals surface area contributed by atoms with E-state index in [-0.39, 0.29) is 0 Å². The zero-order valence-corrected chi connectivity index (χ0v) is 17.0. The molecule has 1 saturated heterocycles. The Labute approximate surface area is 170 Å². The summed E-state index contributed by atoms with van der Waals surface area (Å²) in [5.41, 5.74) is 3.83. The summed E-state index contributed by atoms with van der Waals surface area (Å²) < 4.78 is 1.83. The number of nitrogens with zero attached hydrogens (tertiary/aromatic N) is 7. The number of aldehydes is 1. The average molecular weight is 393 g/mol. The summed E-state index contributed by atoms with van der Waals surface area (Å²) in [4.78, 5) is 24.1. The maximum absolute atomic E-state index is 10.8. The third-order valence-electron chi connectivity index (χ3n) is 5.74. The van der Waals surface area contributed by atoms with Gasteiger partial charge in [-0.3, -0.25) is 9.69 Å². The van der Waals surface area contributed by atoms with Gasteiger partial charge in [-0.15, -0.1) is 5.10 Å². The summed E-state index contributed by atoms with van der Waals surface area (Å²) in [5.74, 6) is 1.39. The Bertz CT molecular complexity index is 961. The molecule has 4 rings (SSSR count). The van der Waals surface area contributed by atoms with E-state index in [1.807, 2.05) is 11.7 Å². The van der Waals surface area contributed by atoms with Gasteiger partial charge in [-0.05, 0) is 43.0 Å². The van der Waals surface area contributed by atoms with Crippen LogP contribution in [0.15, 0.2) is 30.6 Å². The van der Waals surface area contributed by atoms with Crippen molar-refractivity contribution in [1.82, 2.24) is 29.9 Å². The molecule has 1 aliphatic heterocycles. The summed E-state index contributed by atoms with van der Waals surface area (Å²) in [6.45, 7) is 7.19. The molecule has 0 amide bonds. The number of benzene rings is 1. The first kappa shape index (κ1) is 19.4. The van der Waals surface area contributed by atoms with Crippen LogP contribution < -0.4 is 4.90 Å². The Hall–Kier alpha value is -2.87. The lowest BCUT2D eigenvalue weighted by molar-refractivity contribution is 0.112. The summed E-state index contributed by atoms with van der Waals surface area (Å²) >= 11 is 0. The van der Waals surface area contributed by atoms with Crippen LogP contribution in [0.25, 0.3) is 11.0 Å². The topological polar surface area (TPSA) is 80.0 Å². The van der Waals surface area contributed by atoms with Crippen LogP contribution in [0, 0.1) is 5.92 Å². The Morgan fingerprint density at radius 3 is 2.66 bits per heavy atom. The summed E-state index contributed by atoms with van der Waals surface area (Å²) in [7, 11) is 1.93.